The molecule has 0 saturated carbocycles. The number of rotatable bonds is 4. The van der Waals surface area contributed by atoms with Crippen LogP contribution in [-0.4, -0.2) is 36.5 Å². The molecule has 3 N–H and O–H groups in total. The van der Waals surface area contributed by atoms with Crippen LogP contribution in [0.1, 0.15) is 21.9 Å². The van der Waals surface area contributed by atoms with Crippen LogP contribution in [-0.2, 0) is 0 Å². The minimum atomic E-state index is -0.486. The quantitative estimate of drug-likeness (QED) is 0.407. The molecule has 0 aliphatic rings. The fourth-order valence-corrected chi connectivity index (χ4v) is 1.95. The third-order valence-corrected chi connectivity index (χ3v) is 3.09. The number of pyridine rings is 1. The number of nitrogens with one attached hydrogen (secondary N) is 1. The van der Waals surface area contributed by atoms with Crippen LogP contribution < -0.4 is 11.2 Å². The Hall–Kier alpha value is -3.62. The molecule has 3 heterocycles. The van der Waals surface area contributed by atoms with E-state index in [1.54, 1.807) is 29.1 Å². The molecular formula is C15H14N8O. The molecule has 120 valence electrons. The van der Waals surface area contributed by atoms with E-state index in [-0.39, 0.29) is 11.5 Å². The maximum atomic E-state index is 12.2. The first-order valence-electron chi connectivity index (χ1n) is 7.03. The molecule has 0 bridgehead atoms. The second kappa shape index (κ2) is 6.65. The molecule has 0 atom stereocenters. The maximum Gasteiger partial charge on any atom is 0.291 e. The maximum absolute atomic E-state index is 12.2. The van der Waals surface area contributed by atoms with E-state index in [2.05, 4.69) is 30.6 Å². The van der Waals surface area contributed by atoms with Crippen LogP contribution in [0.2, 0.25) is 0 Å². The number of nitrogens with two attached hydrogens (primary N) is 1. The molecule has 1 amide bonds. The summed E-state index contributed by atoms with van der Waals surface area (Å²) in [4.78, 5) is 24.2. The lowest BCUT2D eigenvalue weighted by Gasteiger charge is -2.01. The van der Waals surface area contributed by atoms with Crippen LogP contribution in [0.4, 0.5) is 0 Å². The molecule has 24 heavy (non-hydrogen) atoms. The summed E-state index contributed by atoms with van der Waals surface area (Å²) in [6.07, 6.45) is 6.10. The Balaban J connectivity index is 1.77. The van der Waals surface area contributed by atoms with Crippen LogP contribution in [0, 0.1) is 6.92 Å². The number of hydrogen-bond acceptors (Lipinski definition) is 6. The number of aryl methyl sites for hydroxylation is 1. The Bertz CT molecular complexity index is 873. The third kappa shape index (κ3) is 3.24. The van der Waals surface area contributed by atoms with E-state index in [1.165, 1.54) is 18.6 Å². The van der Waals surface area contributed by atoms with Gasteiger partial charge in [0.1, 0.15) is 5.69 Å². The van der Waals surface area contributed by atoms with E-state index in [0.717, 1.165) is 5.69 Å². The van der Waals surface area contributed by atoms with Gasteiger partial charge in [-0.2, -0.15) is 10.2 Å². The summed E-state index contributed by atoms with van der Waals surface area (Å²) < 4.78 is 1.57. The van der Waals surface area contributed by atoms with Crippen molar-refractivity contribution in [2.75, 3.05) is 0 Å². The predicted molar refractivity (Wildman–Crippen MR) is 86.3 cm³/mol. The van der Waals surface area contributed by atoms with E-state index >= 15 is 0 Å². The molecule has 0 aliphatic carbocycles. The van der Waals surface area contributed by atoms with Crippen LogP contribution in [0.5, 0.6) is 0 Å². The standard InChI is InChI=1S/C15H14N8O/c1-10-8-11(22-23(10)13-4-2-3-5-19-13)15(24)21-20-14(16)12-9-17-6-7-18-12/h2-9H,1H3,(H2,16,20)(H,21,24). The van der Waals surface area contributed by atoms with Gasteiger partial charge in [-0.15, -0.1) is 0 Å². The van der Waals surface area contributed by atoms with Crippen molar-refractivity contribution >= 4 is 11.7 Å². The second-order valence-corrected chi connectivity index (χ2v) is 4.80. The van der Waals surface area contributed by atoms with Crippen LogP contribution in [0.3, 0.4) is 0 Å². The van der Waals surface area contributed by atoms with Crippen molar-refractivity contribution in [1.29, 1.82) is 0 Å². The molecule has 3 rings (SSSR count). The van der Waals surface area contributed by atoms with Crippen molar-refractivity contribution in [3.8, 4) is 5.82 Å². The predicted octanol–water partition coefficient (Wildman–Crippen LogP) is 0.416. The highest BCUT2D eigenvalue weighted by molar-refractivity contribution is 5.98. The fraction of sp³-hybridized carbons (Fsp3) is 0.0667. The zero-order valence-corrected chi connectivity index (χ0v) is 12.8. The van der Waals surface area contributed by atoms with Crippen LogP contribution in [0.25, 0.3) is 5.82 Å². The number of hydrazone groups is 1. The van der Waals surface area contributed by atoms with Gasteiger partial charge in [0.15, 0.2) is 17.3 Å². The van der Waals surface area contributed by atoms with Crippen molar-refractivity contribution in [2.45, 2.75) is 6.92 Å². The van der Waals surface area contributed by atoms with E-state index < -0.39 is 5.91 Å². The Morgan fingerprint density at radius 2 is 2.08 bits per heavy atom. The number of hydrogen-bond donors (Lipinski definition) is 2. The van der Waals surface area contributed by atoms with Gasteiger partial charge < -0.3 is 5.73 Å². The third-order valence-electron chi connectivity index (χ3n) is 3.09. The highest BCUT2D eigenvalue weighted by Crippen LogP contribution is 2.09. The van der Waals surface area contributed by atoms with Crippen LogP contribution >= 0.6 is 0 Å². The highest BCUT2D eigenvalue weighted by atomic mass is 16.2. The summed E-state index contributed by atoms with van der Waals surface area (Å²) >= 11 is 0. The number of amidine groups is 1. The van der Waals surface area contributed by atoms with Gasteiger partial charge in [0.25, 0.3) is 5.91 Å². The average Bonchev–Trinajstić information content (AvgIpc) is 3.02. The highest BCUT2D eigenvalue weighted by Gasteiger charge is 2.13. The summed E-state index contributed by atoms with van der Waals surface area (Å²) in [7, 11) is 0. The normalized spacial score (nSPS) is 11.3. The first-order chi connectivity index (χ1) is 11.6. The SMILES string of the molecule is Cc1cc(C(=O)N/N=C(\N)c2cnccn2)nn1-c1ccccn1. The molecule has 0 aliphatic heterocycles. The Morgan fingerprint density at radius 3 is 2.79 bits per heavy atom. The monoisotopic (exact) mass is 322 g/mol. The van der Waals surface area contributed by atoms with Gasteiger partial charge in [0.2, 0.25) is 0 Å². The van der Waals surface area contributed by atoms with Gasteiger partial charge in [-0.05, 0) is 25.1 Å². The first-order valence-corrected chi connectivity index (χ1v) is 7.03. The molecule has 0 fully saturated rings. The smallest absolute Gasteiger partial charge is 0.291 e. The summed E-state index contributed by atoms with van der Waals surface area (Å²) in [5.74, 6) is 0.188. The molecule has 0 aromatic carbocycles. The van der Waals surface area contributed by atoms with Crippen molar-refractivity contribution in [3.05, 3.63) is 66.1 Å². The Kier molecular flexibility index (Phi) is 4.23. The summed E-state index contributed by atoms with van der Waals surface area (Å²) in [6.45, 7) is 1.83. The van der Waals surface area contributed by atoms with Gasteiger partial charge in [0, 0.05) is 24.3 Å². The molecule has 0 spiro atoms. The Labute approximate surface area is 137 Å². The molecule has 0 radical (unpaired) electrons. The van der Waals surface area contributed by atoms with E-state index in [1.807, 2.05) is 13.0 Å². The fourth-order valence-electron chi connectivity index (χ4n) is 1.95. The molecule has 0 unspecified atom stereocenters. The summed E-state index contributed by atoms with van der Waals surface area (Å²) in [5, 5.41) is 8.04. The largest absolute Gasteiger partial charge is 0.380 e. The van der Waals surface area contributed by atoms with E-state index in [4.69, 9.17) is 5.73 Å². The number of nitrogens with zero attached hydrogens (tertiary/aromatic N) is 6. The molecule has 3 aromatic heterocycles. The first kappa shape index (κ1) is 15.3. The molecule has 9 nitrogen and oxygen atoms in total. The second-order valence-electron chi connectivity index (χ2n) is 4.80. The van der Waals surface area contributed by atoms with Crippen molar-refractivity contribution in [2.24, 2.45) is 10.8 Å². The van der Waals surface area contributed by atoms with Gasteiger partial charge in [-0.3, -0.25) is 9.78 Å². The van der Waals surface area contributed by atoms with Gasteiger partial charge in [-0.1, -0.05) is 6.07 Å². The topological polar surface area (TPSA) is 124 Å². The molecular weight excluding hydrogens is 308 g/mol. The molecule has 3 aromatic rings. The number of aromatic nitrogens is 5. The average molecular weight is 322 g/mol. The number of amides is 1. The summed E-state index contributed by atoms with van der Waals surface area (Å²) in [6, 6.07) is 7.08. The van der Waals surface area contributed by atoms with Gasteiger partial charge in [-0.25, -0.2) is 20.1 Å². The van der Waals surface area contributed by atoms with Crippen molar-refractivity contribution in [1.82, 2.24) is 30.2 Å². The minimum absolute atomic E-state index is 0.0531. The lowest BCUT2D eigenvalue weighted by molar-refractivity contribution is 0.0949. The van der Waals surface area contributed by atoms with Crippen molar-refractivity contribution in [3.63, 3.8) is 0 Å². The molecule has 9 heteroatoms. The zero-order valence-electron chi connectivity index (χ0n) is 12.8. The lowest BCUT2D eigenvalue weighted by atomic mass is 10.3. The number of carbonyl (C=O) groups is 1. The van der Waals surface area contributed by atoms with E-state index in [0.29, 0.717) is 11.5 Å². The Morgan fingerprint density at radius 1 is 1.21 bits per heavy atom. The van der Waals surface area contributed by atoms with Gasteiger partial charge in [0.05, 0.1) is 6.20 Å². The minimum Gasteiger partial charge on any atom is -0.380 e. The number of carbonyl (C=O) groups excluding carboxylic acids is 1. The zero-order chi connectivity index (χ0) is 16.9. The lowest BCUT2D eigenvalue weighted by Crippen LogP contribution is -2.25. The molecule has 0 saturated heterocycles. The van der Waals surface area contributed by atoms with Crippen molar-refractivity contribution < 1.29 is 4.79 Å². The van der Waals surface area contributed by atoms with Crippen LogP contribution in [0.15, 0.2) is 54.2 Å². The van der Waals surface area contributed by atoms with Gasteiger partial charge >= 0.3 is 0 Å². The summed E-state index contributed by atoms with van der Waals surface area (Å²) in [5.41, 5.74) is 9.43. The van der Waals surface area contributed by atoms with E-state index in [9.17, 15) is 4.79 Å².